The smallest absolute Gasteiger partial charge is 0.378 e. The molecule has 1 rings (SSSR count). The van der Waals surface area contributed by atoms with E-state index >= 15 is 0 Å². The van der Waals surface area contributed by atoms with Crippen molar-refractivity contribution in [3.05, 3.63) is 10.7 Å². The number of alkyl halides is 3. The largest absolute Gasteiger partial charge is 0.534 e. The van der Waals surface area contributed by atoms with Crippen LogP contribution in [0.1, 0.15) is 5.69 Å². The van der Waals surface area contributed by atoms with Crippen LogP contribution in [-0.4, -0.2) is 37.3 Å². The van der Waals surface area contributed by atoms with Gasteiger partial charge in [-0.2, -0.15) is 26.6 Å². The number of halogens is 4. The van der Waals surface area contributed by atoms with E-state index in [0.717, 1.165) is 11.8 Å². The monoisotopic (exact) mass is 352 g/mol. The molecule has 20 heavy (non-hydrogen) atoms. The van der Waals surface area contributed by atoms with Crippen molar-refractivity contribution >= 4 is 33.5 Å². The van der Waals surface area contributed by atoms with Gasteiger partial charge < -0.3 is 8.92 Å². The van der Waals surface area contributed by atoms with E-state index in [1.165, 1.54) is 7.11 Å². The lowest BCUT2D eigenvalue weighted by Crippen LogP contribution is -2.28. The van der Waals surface area contributed by atoms with Crippen LogP contribution in [-0.2, 0) is 21.5 Å². The highest BCUT2D eigenvalue weighted by Gasteiger charge is 2.49. The summed E-state index contributed by atoms with van der Waals surface area (Å²) in [7, 11) is -4.55. The Hall–Kier alpha value is -0.780. The van der Waals surface area contributed by atoms with Crippen LogP contribution in [0, 0.1) is 0 Å². The van der Waals surface area contributed by atoms with Gasteiger partial charge in [-0.05, 0) is 6.26 Å². The maximum atomic E-state index is 12.3. The van der Waals surface area contributed by atoms with E-state index in [-0.39, 0.29) is 17.5 Å². The second kappa shape index (κ2) is 6.33. The van der Waals surface area contributed by atoms with Crippen molar-refractivity contribution in [1.29, 1.82) is 0 Å². The van der Waals surface area contributed by atoms with Crippen LogP contribution in [0.25, 0.3) is 0 Å². The van der Waals surface area contributed by atoms with Gasteiger partial charge in [-0.25, -0.2) is 4.98 Å². The number of aromatic nitrogens is 2. The van der Waals surface area contributed by atoms with Crippen molar-refractivity contribution in [2.24, 2.45) is 0 Å². The fraction of sp³-hybridized carbons (Fsp3) is 0.500. The third-order valence-corrected chi connectivity index (χ3v) is 3.68. The maximum absolute atomic E-state index is 12.3. The summed E-state index contributed by atoms with van der Waals surface area (Å²) in [6.45, 7) is -0.142. The third kappa shape index (κ3) is 3.87. The quantitative estimate of drug-likeness (QED) is 0.348. The number of hydrogen-bond acceptors (Lipinski definition) is 7. The molecule has 12 heteroatoms. The molecule has 0 fully saturated rings. The number of methoxy groups -OCH3 is 1. The molecule has 0 amide bonds. The SMILES string of the molecule is COCc1nc(SC)nc(OS(=O)(=O)C(F)(F)F)c1Cl. The molecule has 1 aromatic rings. The van der Waals surface area contributed by atoms with Crippen molar-refractivity contribution < 1.29 is 30.5 Å². The summed E-state index contributed by atoms with van der Waals surface area (Å²) in [6, 6.07) is 0. The molecule has 1 aromatic heterocycles. The molecule has 0 aliphatic heterocycles. The van der Waals surface area contributed by atoms with Gasteiger partial charge in [-0.15, -0.1) is 0 Å². The second-order valence-corrected chi connectivity index (χ2v) is 5.88. The zero-order chi connectivity index (χ0) is 15.6. The average Bonchev–Trinajstić information content (AvgIpc) is 2.32. The predicted molar refractivity (Wildman–Crippen MR) is 65.1 cm³/mol. The molecule has 114 valence electrons. The fourth-order valence-electron chi connectivity index (χ4n) is 0.979. The summed E-state index contributed by atoms with van der Waals surface area (Å²) >= 11 is 6.67. The van der Waals surface area contributed by atoms with Gasteiger partial charge in [0.25, 0.3) is 5.88 Å². The van der Waals surface area contributed by atoms with E-state index in [9.17, 15) is 21.6 Å². The minimum atomic E-state index is -5.85. The van der Waals surface area contributed by atoms with E-state index in [0.29, 0.717) is 0 Å². The molecule has 0 spiro atoms. The van der Waals surface area contributed by atoms with Crippen LogP contribution < -0.4 is 4.18 Å². The van der Waals surface area contributed by atoms with Gasteiger partial charge in [0.05, 0.1) is 12.3 Å². The molecule has 0 N–H and O–H groups in total. The number of ether oxygens (including phenoxy) is 1. The standard InChI is InChI=1S/C8H8ClF3N2O4S2/c1-17-3-4-5(9)6(14-7(13-4)19-2)18-20(15,16)8(10,11)12/h3H2,1-2H3. The van der Waals surface area contributed by atoms with E-state index in [1.807, 2.05) is 0 Å². The number of hydrogen-bond donors (Lipinski definition) is 0. The lowest BCUT2D eigenvalue weighted by atomic mass is 10.4. The summed E-state index contributed by atoms with van der Waals surface area (Å²) in [5, 5.41) is -0.466. The first-order valence-corrected chi connectivity index (χ1v) is 7.73. The summed E-state index contributed by atoms with van der Waals surface area (Å²) in [5.41, 5.74) is -5.57. The third-order valence-electron chi connectivity index (χ3n) is 1.80. The van der Waals surface area contributed by atoms with Crippen molar-refractivity contribution in [1.82, 2.24) is 9.97 Å². The maximum Gasteiger partial charge on any atom is 0.534 e. The Kier molecular flexibility index (Phi) is 5.46. The van der Waals surface area contributed by atoms with Crippen LogP contribution in [0.5, 0.6) is 5.88 Å². The van der Waals surface area contributed by atoms with Crippen molar-refractivity contribution in [3.8, 4) is 5.88 Å². The zero-order valence-corrected chi connectivity index (χ0v) is 12.5. The molecule has 0 atom stereocenters. The van der Waals surface area contributed by atoms with Crippen molar-refractivity contribution in [2.75, 3.05) is 13.4 Å². The molecular weight excluding hydrogens is 345 g/mol. The summed E-state index contributed by atoms with van der Waals surface area (Å²) in [4.78, 5) is 7.37. The highest BCUT2D eigenvalue weighted by atomic mass is 35.5. The molecule has 0 aliphatic carbocycles. The van der Waals surface area contributed by atoms with Gasteiger partial charge in [0.2, 0.25) is 0 Å². The van der Waals surface area contributed by atoms with Crippen LogP contribution in [0.2, 0.25) is 5.02 Å². The van der Waals surface area contributed by atoms with Crippen LogP contribution >= 0.6 is 23.4 Å². The van der Waals surface area contributed by atoms with Gasteiger partial charge in [-0.1, -0.05) is 23.4 Å². The zero-order valence-electron chi connectivity index (χ0n) is 10.1. The summed E-state index contributed by atoms with van der Waals surface area (Å²) in [6.07, 6.45) is 1.54. The number of rotatable bonds is 5. The molecule has 6 nitrogen and oxygen atoms in total. The molecule has 0 saturated carbocycles. The molecule has 0 aliphatic rings. The summed E-state index contributed by atoms with van der Waals surface area (Å²) in [5.74, 6) is -0.893. The Balaban J connectivity index is 3.28. The van der Waals surface area contributed by atoms with E-state index in [2.05, 4.69) is 14.2 Å². The van der Waals surface area contributed by atoms with Crippen LogP contribution in [0.15, 0.2) is 5.16 Å². The van der Waals surface area contributed by atoms with Gasteiger partial charge in [0, 0.05) is 7.11 Å². The van der Waals surface area contributed by atoms with Gasteiger partial charge in [-0.3, -0.25) is 0 Å². The van der Waals surface area contributed by atoms with Gasteiger partial charge in [0.1, 0.15) is 5.02 Å². The number of thioether (sulfide) groups is 1. The molecule has 0 aromatic carbocycles. The van der Waals surface area contributed by atoms with Gasteiger partial charge >= 0.3 is 15.6 Å². The lowest BCUT2D eigenvalue weighted by molar-refractivity contribution is -0.0501. The first kappa shape index (κ1) is 17.3. The highest BCUT2D eigenvalue weighted by molar-refractivity contribution is 7.98. The van der Waals surface area contributed by atoms with E-state index in [1.54, 1.807) is 6.26 Å². The summed E-state index contributed by atoms with van der Waals surface area (Å²) < 4.78 is 67.3. The molecular formula is C8H8ClF3N2O4S2. The molecule has 1 heterocycles. The molecule has 0 bridgehead atoms. The van der Waals surface area contributed by atoms with Gasteiger partial charge in [0.15, 0.2) is 5.16 Å². The average molecular weight is 353 g/mol. The fourth-order valence-corrected chi connectivity index (χ4v) is 2.00. The Morgan fingerprint density at radius 2 is 1.95 bits per heavy atom. The van der Waals surface area contributed by atoms with E-state index < -0.39 is 26.5 Å². The van der Waals surface area contributed by atoms with E-state index in [4.69, 9.17) is 16.3 Å². The van der Waals surface area contributed by atoms with Crippen LogP contribution in [0.4, 0.5) is 13.2 Å². The number of nitrogens with zero attached hydrogens (tertiary/aromatic N) is 2. The Labute approximate surface area is 121 Å². The van der Waals surface area contributed by atoms with Crippen molar-refractivity contribution in [2.45, 2.75) is 17.3 Å². The lowest BCUT2D eigenvalue weighted by Gasteiger charge is -2.12. The van der Waals surface area contributed by atoms with Crippen molar-refractivity contribution in [3.63, 3.8) is 0 Å². The predicted octanol–water partition coefficient (Wildman–Crippen LogP) is 2.23. The normalized spacial score (nSPS) is 12.5. The Morgan fingerprint density at radius 1 is 1.35 bits per heavy atom. The Morgan fingerprint density at radius 3 is 2.40 bits per heavy atom. The molecule has 0 unspecified atom stereocenters. The topological polar surface area (TPSA) is 78.4 Å². The molecule has 0 saturated heterocycles. The van der Waals surface area contributed by atoms with Crippen LogP contribution in [0.3, 0.4) is 0 Å². The first-order valence-electron chi connectivity index (χ1n) is 4.72. The minimum Gasteiger partial charge on any atom is -0.378 e. The highest BCUT2D eigenvalue weighted by Crippen LogP contribution is 2.32. The minimum absolute atomic E-state index is 0.00572. The molecule has 0 radical (unpaired) electrons. The first-order chi connectivity index (χ1) is 9.12. The Bertz CT molecular complexity index is 594. The second-order valence-electron chi connectivity index (χ2n) is 3.19.